The van der Waals surface area contributed by atoms with E-state index in [0.29, 0.717) is 36.1 Å². The number of fused-ring (bicyclic) bond motifs is 2. The second-order valence-electron chi connectivity index (χ2n) is 18.0. The number of nitrogens with two attached hydrogens (primary N) is 1. The first kappa shape index (κ1) is 68.4. The van der Waals surface area contributed by atoms with Crippen molar-refractivity contribution in [1.29, 1.82) is 0 Å². The minimum absolute atomic E-state index is 0. The SMILES string of the molecule is Brc1cccnc1/C=N\NC1CCCCC1.CC(=O)[O-].CCO.CO.NNC1CCCCC1.O=Cc1ncccc1Br.[CH3-].[Na+].c1cnc2cnn(C3CCCCC3)c2c1.c1nn(C2CCCCC2)c2c1NCCC2. The quantitative estimate of drug-likeness (QED) is 0.0239. The molecule has 0 radical (unpaired) electrons. The number of carbonyl (C=O) groups excluding carboxylic acids is 2. The molecule has 7 N–H and O–H groups in total. The number of carboxylic acid groups (broad SMARTS) is 1. The van der Waals surface area contributed by atoms with Crippen LogP contribution in [-0.4, -0.2) is 95.5 Å². The second kappa shape index (κ2) is 42.5. The zero-order valence-corrected chi connectivity index (χ0v) is 50.0. The molecule has 6 heterocycles. The van der Waals surface area contributed by atoms with Crippen LogP contribution in [0, 0.1) is 7.43 Å². The number of hydrogen-bond acceptors (Lipinski definition) is 15. The van der Waals surface area contributed by atoms with Gasteiger partial charge in [-0.25, -0.2) is 0 Å². The van der Waals surface area contributed by atoms with E-state index < -0.39 is 5.97 Å². The molecule has 0 aromatic carbocycles. The number of carbonyl (C=O) groups is 2. The predicted molar refractivity (Wildman–Crippen MR) is 300 cm³/mol. The van der Waals surface area contributed by atoms with Crippen molar-refractivity contribution in [2.45, 2.75) is 179 Å². The van der Waals surface area contributed by atoms with E-state index in [2.05, 4.69) is 93.7 Å². The van der Waals surface area contributed by atoms with Crippen molar-refractivity contribution in [3.63, 3.8) is 0 Å². The zero-order chi connectivity index (χ0) is 52.2. The van der Waals surface area contributed by atoms with Crippen LogP contribution in [0.1, 0.15) is 183 Å². The summed E-state index contributed by atoms with van der Waals surface area (Å²) in [4.78, 5) is 31.3. The molecule has 5 aromatic rings. The molecular formula is C54H84Br2N12NaO5-. The van der Waals surface area contributed by atoms with Gasteiger partial charge in [0.25, 0.3) is 0 Å². The fraction of sp³-hybridized carbons (Fsp3) is 0.574. The minimum Gasteiger partial charge on any atom is -0.550 e. The number of nitrogens with one attached hydrogen (secondary N) is 3. The molecule has 10 rings (SSSR count). The maximum atomic E-state index is 10.1. The largest absolute Gasteiger partial charge is 1.00 e. The Morgan fingerprint density at radius 1 is 0.757 bits per heavy atom. The first-order chi connectivity index (χ1) is 35.2. The molecule has 20 heteroatoms. The van der Waals surface area contributed by atoms with Gasteiger partial charge < -0.3 is 38.3 Å². The number of halogens is 2. The van der Waals surface area contributed by atoms with E-state index in [1.165, 1.54) is 158 Å². The number of anilines is 1. The predicted octanol–water partition coefficient (Wildman–Crippen LogP) is 7.04. The molecular weight excluding hydrogens is 1080 g/mol. The minimum atomic E-state index is -1.08. The maximum absolute atomic E-state index is 10.1. The van der Waals surface area contributed by atoms with Gasteiger partial charge in [0.05, 0.1) is 53.3 Å². The van der Waals surface area contributed by atoms with Crippen molar-refractivity contribution in [2.24, 2.45) is 10.9 Å². The van der Waals surface area contributed by atoms with Gasteiger partial charge in [-0.15, -0.1) is 0 Å². The third-order valence-electron chi connectivity index (χ3n) is 12.6. The van der Waals surface area contributed by atoms with Gasteiger partial charge in [-0.05, 0) is 146 Å². The normalized spacial score (nSPS) is 16.4. The Balaban J connectivity index is 0.000000449. The van der Waals surface area contributed by atoms with Gasteiger partial charge in [-0.2, -0.15) is 15.3 Å². The van der Waals surface area contributed by atoms with Crippen LogP contribution in [-0.2, 0) is 11.2 Å². The van der Waals surface area contributed by atoms with E-state index in [0.717, 1.165) is 40.7 Å². The molecule has 1 aliphatic heterocycles. The topological polar surface area (TPSA) is 246 Å². The number of aromatic nitrogens is 7. The van der Waals surface area contributed by atoms with E-state index in [1.807, 2.05) is 36.8 Å². The standard InChI is InChI=1S/C12H16BrN3.C12H19N3.C12H15N3.C6H4BrNO.C6H14N2.C2H4O2.C2H6O.CH4O.CH3.Na/c13-11-7-4-8-14-12(11)9-15-16-10-5-2-1-3-6-10;2*1-2-5-10(6-3-1)15-12-7-4-8-13-11(12)9-14-15;7-5-2-1-3-8-6(5)4-9;7-8-6-4-2-1-3-5-6;1-2(3)4;1-2-3;1-2;;/h4,7-10,16H,1-3,5-6H2;9-10,13H,1-8H2;4,7-10H,1-3,5-6H2;1-4H;6,8H,1-5,7H2;1H3,(H,3,4);3H,2H2,1H3;2H,1H3;1H3;/q;;;;;;;;-1;+1/p-1/b15-9-;;;;;;;;;. The Hall–Kier alpha value is -3.66. The number of aliphatic hydroxyl groups excluding tert-OH is 2. The Morgan fingerprint density at radius 3 is 1.70 bits per heavy atom. The number of hydrazone groups is 1. The number of aldehydes is 1. The zero-order valence-electron chi connectivity index (χ0n) is 44.8. The summed E-state index contributed by atoms with van der Waals surface area (Å²) in [5.41, 5.74) is 12.3. The van der Waals surface area contributed by atoms with E-state index in [9.17, 15) is 4.79 Å². The molecule has 0 saturated heterocycles. The number of aliphatic carboxylic acids is 1. The number of carboxylic acids is 1. The van der Waals surface area contributed by atoms with E-state index in [4.69, 9.17) is 26.0 Å². The van der Waals surface area contributed by atoms with Crippen LogP contribution in [0.5, 0.6) is 0 Å². The monoisotopic (exact) mass is 1160 g/mol. The Labute approximate surface area is 480 Å². The van der Waals surface area contributed by atoms with E-state index in [-0.39, 0.29) is 43.6 Å². The van der Waals surface area contributed by atoms with Crippen LogP contribution in [0.15, 0.2) is 81.4 Å². The fourth-order valence-electron chi connectivity index (χ4n) is 9.08. The van der Waals surface area contributed by atoms with Crippen molar-refractivity contribution < 1.29 is 54.5 Å². The van der Waals surface area contributed by atoms with Gasteiger partial charge in [0.15, 0.2) is 6.29 Å². The summed E-state index contributed by atoms with van der Waals surface area (Å²) in [6.45, 7) is 4.02. The number of hydrogen-bond donors (Lipinski definition) is 6. The van der Waals surface area contributed by atoms with Crippen molar-refractivity contribution in [3.8, 4) is 0 Å². The molecule has 406 valence electrons. The molecule has 0 amide bonds. The Kier molecular flexibility index (Phi) is 39.2. The molecule has 4 fully saturated rings. The second-order valence-corrected chi connectivity index (χ2v) is 19.7. The maximum Gasteiger partial charge on any atom is 1.00 e. The third-order valence-corrected chi connectivity index (χ3v) is 13.9. The van der Waals surface area contributed by atoms with Gasteiger partial charge in [0.2, 0.25) is 0 Å². The average molecular weight is 1160 g/mol. The summed E-state index contributed by atoms with van der Waals surface area (Å²) in [5.74, 6) is 4.17. The number of pyridine rings is 3. The summed E-state index contributed by atoms with van der Waals surface area (Å²) in [6.07, 6.45) is 40.6. The molecule has 4 saturated carbocycles. The van der Waals surface area contributed by atoms with Gasteiger partial charge in [0, 0.05) is 65.9 Å². The van der Waals surface area contributed by atoms with Crippen molar-refractivity contribution in [1.82, 2.24) is 45.4 Å². The number of nitrogens with zero attached hydrogens (tertiary/aromatic N) is 8. The van der Waals surface area contributed by atoms with Crippen LogP contribution in [0.3, 0.4) is 0 Å². The number of hydrazine groups is 1. The third kappa shape index (κ3) is 26.4. The van der Waals surface area contributed by atoms with Crippen molar-refractivity contribution in [3.05, 3.63) is 101 Å². The summed E-state index contributed by atoms with van der Waals surface area (Å²) in [5, 5.41) is 40.2. The van der Waals surface area contributed by atoms with E-state index in [1.54, 1.807) is 37.7 Å². The van der Waals surface area contributed by atoms with Gasteiger partial charge in [0.1, 0.15) is 11.2 Å². The summed E-state index contributed by atoms with van der Waals surface area (Å²) >= 11 is 6.60. The molecule has 0 spiro atoms. The van der Waals surface area contributed by atoms with Gasteiger partial charge >= 0.3 is 29.6 Å². The van der Waals surface area contributed by atoms with Gasteiger partial charge in [-0.3, -0.25) is 40.4 Å². The van der Waals surface area contributed by atoms with Gasteiger partial charge in [-0.1, -0.05) is 77.0 Å². The first-order valence-corrected chi connectivity index (χ1v) is 27.5. The molecule has 5 aliphatic rings. The molecule has 0 unspecified atom stereocenters. The summed E-state index contributed by atoms with van der Waals surface area (Å²) in [7, 11) is 1.00. The van der Waals surface area contributed by atoms with Crippen molar-refractivity contribution in [2.75, 3.05) is 25.6 Å². The summed E-state index contributed by atoms with van der Waals surface area (Å²) in [6, 6.07) is 13.9. The molecule has 4 aliphatic carbocycles. The molecule has 0 atom stereocenters. The number of aliphatic hydroxyl groups is 2. The van der Waals surface area contributed by atoms with Crippen LogP contribution in [0.4, 0.5) is 5.69 Å². The van der Waals surface area contributed by atoms with Crippen LogP contribution < -0.4 is 56.7 Å². The molecule has 5 aromatic heterocycles. The van der Waals surface area contributed by atoms with Crippen molar-refractivity contribution >= 4 is 67.1 Å². The average Bonchev–Trinajstić information content (AvgIpc) is 4.07. The molecule has 17 nitrogen and oxygen atoms in total. The number of rotatable bonds is 7. The summed E-state index contributed by atoms with van der Waals surface area (Å²) < 4.78 is 6.19. The van der Waals surface area contributed by atoms with Crippen LogP contribution in [0.25, 0.3) is 11.0 Å². The molecule has 0 bridgehead atoms. The Bertz CT molecular complexity index is 2220. The van der Waals surface area contributed by atoms with Crippen LogP contribution >= 0.6 is 31.9 Å². The van der Waals surface area contributed by atoms with E-state index >= 15 is 0 Å². The fourth-order valence-corrected chi connectivity index (χ4v) is 9.79. The smallest absolute Gasteiger partial charge is 0.550 e. The first-order valence-electron chi connectivity index (χ1n) is 25.9. The molecule has 74 heavy (non-hydrogen) atoms. The van der Waals surface area contributed by atoms with Crippen LogP contribution in [0.2, 0.25) is 0 Å². The Morgan fingerprint density at radius 2 is 1.22 bits per heavy atom.